The molecule has 0 unspecified atom stereocenters. The number of aromatic amines is 1. The summed E-state index contributed by atoms with van der Waals surface area (Å²) in [6, 6.07) is 10.2. The Morgan fingerprint density at radius 2 is 2.00 bits per heavy atom. The first-order valence-electron chi connectivity index (χ1n) is 9.11. The molecule has 142 valence electrons. The average Bonchev–Trinajstić information content (AvgIpc) is 3.13. The first-order valence-corrected chi connectivity index (χ1v) is 10.6. The lowest BCUT2D eigenvalue weighted by molar-refractivity contribution is 0.308. The summed E-state index contributed by atoms with van der Waals surface area (Å²) in [7, 11) is -4.56. The van der Waals surface area contributed by atoms with Crippen LogP contribution >= 0.6 is 0 Å². The highest BCUT2D eigenvalue weighted by Crippen LogP contribution is 2.46. The monoisotopic (exact) mass is 395 g/mol. The molecule has 1 aromatic carbocycles. The molecular weight excluding hydrogens is 377 g/mol. The number of benzene rings is 1. The molecule has 3 heterocycles. The van der Waals surface area contributed by atoms with Crippen LogP contribution in [-0.4, -0.2) is 36.6 Å². The van der Waals surface area contributed by atoms with E-state index in [1.807, 2.05) is 12.3 Å². The van der Waals surface area contributed by atoms with E-state index >= 15 is 0 Å². The summed E-state index contributed by atoms with van der Waals surface area (Å²) in [6.45, 7) is 0. The highest BCUT2D eigenvalue weighted by Gasteiger charge is 2.39. The third-order valence-corrected chi connectivity index (χ3v) is 6.90. The fraction of sp³-hybridized carbons (Fsp3) is 0.211. The lowest BCUT2D eigenvalue weighted by Crippen LogP contribution is -2.45. The van der Waals surface area contributed by atoms with E-state index in [1.165, 1.54) is 0 Å². The summed E-state index contributed by atoms with van der Waals surface area (Å²) < 4.78 is 33.3. The van der Waals surface area contributed by atoms with Crippen molar-refractivity contribution in [3.8, 4) is 5.75 Å². The predicted octanol–water partition coefficient (Wildman–Crippen LogP) is 2.12. The molecule has 1 saturated carbocycles. The van der Waals surface area contributed by atoms with Gasteiger partial charge in [0.25, 0.3) is 0 Å². The van der Waals surface area contributed by atoms with Crippen molar-refractivity contribution in [2.45, 2.75) is 23.8 Å². The molecule has 1 fully saturated rings. The van der Waals surface area contributed by atoms with Gasteiger partial charge in [-0.05, 0) is 48.5 Å². The largest absolute Gasteiger partial charge is 0.552 e. The summed E-state index contributed by atoms with van der Waals surface area (Å²) >= 11 is 0. The molecule has 2 aromatic heterocycles. The third kappa shape index (κ3) is 2.92. The number of rotatable bonds is 4. The number of nitrogens with zero attached hydrogens (tertiary/aromatic N) is 1. The SMILES string of the molecule is O=S(=O)(N[C@H]1C[C@@H](C2=CB(O)Oc3cnc4[nH]ccc4c32)C1)c1ccccc1. The van der Waals surface area contributed by atoms with Crippen LogP contribution in [0.25, 0.3) is 16.6 Å². The molecule has 0 spiro atoms. The Labute approximate surface area is 162 Å². The highest BCUT2D eigenvalue weighted by molar-refractivity contribution is 7.89. The Balaban J connectivity index is 1.38. The molecular formula is C19H18BN3O4S. The molecule has 7 nitrogen and oxygen atoms in total. The number of pyridine rings is 1. The van der Waals surface area contributed by atoms with Gasteiger partial charge in [0.05, 0.1) is 11.1 Å². The van der Waals surface area contributed by atoms with Crippen LogP contribution in [0.3, 0.4) is 0 Å². The van der Waals surface area contributed by atoms with Gasteiger partial charge in [-0.1, -0.05) is 18.2 Å². The van der Waals surface area contributed by atoms with Crippen LogP contribution in [0.15, 0.2) is 59.7 Å². The number of nitrogens with one attached hydrogen (secondary N) is 2. The van der Waals surface area contributed by atoms with Crippen LogP contribution < -0.4 is 9.38 Å². The van der Waals surface area contributed by atoms with Crippen molar-refractivity contribution in [2.24, 2.45) is 5.92 Å². The molecule has 1 aliphatic heterocycles. The number of fused-ring (bicyclic) bond motifs is 3. The fourth-order valence-electron chi connectivity index (χ4n) is 3.97. The first kappa shape index (κ1) is 17.5. The van der Waals surface area contributed by atoms with Gasteiger partial charge in [-0.2, -0.15) is 0 Å². The van der Waals surface area contributed by atoms with Crippen molar-refractivity contribution in [1.29, 1.82) is 0 Å². The maximum Gasteiger partial charge on any atom is 0.552 e. The van der Waals surface area contributed by atoms with E-state index in [4.69, 9.17) is 4.65 Å². The average molecular weight is 395 g/mol. The molecule has 5 rings (SSSR count). The van der Waals surface area contributed by atoms with Crippen molar-refractivity contribution in [3.63, 3.8) is 0 Å². The van der Waals surface area contributed by atoms with E-state index in [-0.39, 0.29) is 16.9 Å². The van der Waals surface area contributed by atoms with Crippen molar-refractivity contribution in [2.75, 3.05) is 0 Å². The van der Waals surface area contributed by atoms with Gasteiger partial charge in [0.15, 0.2) is 0 Å². The summed E-state index contributed by atoms with van der Waals surface area (Å²) in [6.07, 6.45) is 4.76. The normalized spacial score (nSPS) is 21.6. The summed E-state index contributed by atoms with van der Waals surface area (Å²) in [5.74, 6) is 2.40. The molecule has 9 heteroatoms. The number of H-pyrrole nitrogens is 1. The Morgan fingerprint density at radius 3 is 2.79 bits per heavy atom. The number of allylic oxidation sites excluding steroid dienone is 1. The quantitative estimate of drug-likeness (QED) is 0.587. The number of sulfonamides is 1. The van der Waals surface area contributed by atoms with Gasteiger partial charge in [0, 0.05) is 23.2 Å². The highest BCUT2D eigenvalue weighted by atomic mass is 32.2. The van der Waals surface area contributed by atoms with Gasteiger partial charge < -0.3 is 14.7 Å². The lowest BCUT2D eigenvalue weighted by atomic mass is 9.68. The molecule has 2 aliphatic rings. The molecule has 1 aliphatic carbocycles. The number of hydrogen-bond acceptors (Lipinski definition) is 5. The van der Waals surface area contributed by atoms with Crippen LogP contribution in [0.5, 0.6) is 5.75 Å². The minimum atomic E-state index is -3.53. The minimum Gasteiger partial charge on any atom is -0.531 e. The second-order valence-corrected chi connectivity index (χ2v) is 8.88. The standard InChI is InChI=1S/C19H18BN3O4S/c24-20-10-16(18-15-6-7-21-19(15)22-11-17(18)27-20)12-8-13(9-12)23-28(25,26)14-4-2-1-3-5-14/h1-7,10-13,23-24H,8-9H2,(H,21,22)/t12-,13+. The van der Waals surface area contributed by atoms with Gasteiger partial charge in [0.2, 0.25) is 10.0 Å². The second kappa shape index (κ2) is 6.47. The molecule has 0 bridgehead atoms. The smallest absolute Gasteiger partial charge is 0.531 e. The van der Waals surface area contributed by atoms with Crippen LogP contribution in [0.4, 0.5) is 0 Å². The van der Waals surface area contributed by atoms with Gasteiger partial charge in [-0.25, -0.2) is 18.1 Å². The first-order chi connectivity index (χ1) is 13.5. The third-order valence-electron chi connectivity index (χ3n) is 5.36. The van der Waals surface area contributed by atoms with Gasteiger partial charge in [-0.15, -0.1) is 0 Å². The zero-order chi connectivity index (χ0) is 19.3. The molecule has 0 atom stereocenters. The summed E-state index contributed by atoms with van der Waals surface area (Å²) in [4.78, 5) is 7.67. The van der Waals surface area contributed by atoms with Gasteiger partial charge in [0.1, 0.15) is 11.4 Å². The van der Waals surface area contributed by atoms with E-state index in [2.05, 4.69) is 14.7 Å². The number of aromatic nitrogens is 2. The van der Waals surface area contributed by atoms with Crippen molar-refractivity contribution < 1.29 is 18.1 Å². The van der Waals surface area contributed by atoms with Crippen LogP contribution in [0.2, 0.25) is 0 Å². The van der Waals surface area contributed by atoms with E-state index in [0.717, 1.165) is 22.2 Å². The Bertz CT molecular complexity index is 1170. The van der Waals surface area contributed by atoms with E-state index < -0.39 is 17.1 Å². The van der Waals surface area contributed by atoms with E-state index in [9.17, 15) is 13.4 Å². The van der Waals surface area contributed by atoms with Gasteiger partial charge >= 0.3 is 7.12 Å². The molecule has 0 saturated heterocycles. The minimum absolute atomic E-state index is 0.136. The molecule has 0 amide bonds. The van der Waals surface area contributed by atoms with Crippen molar-refractivity contribution in [3.05, 3.63) is 60.3 Å². The summed E-state index contributed by atoms with van der Waals surface area (Å²) in [5.41, 5.74) is 2.66. The van der Waals surface area contributed by atoms with Crippen molar-refractivity contribution >= 4 is 33.7 Å². The molecule has 28 heavy (non-hydrogen) atoms. The van der Waals surface area contributed by atoms with Crippen molar-refractivity contribution in [1.82, 2.24) is 14.7 Å². The second-order valence-electron chi connectivity index (χ2n) is 7.17. The summed E-state index contributed by atoms with van der Waals surface area (Å²) in [5, 5.41) is 11.0. The maximum absolute atomic E-state index is 12.5. The fourth-order valence-corrected chi connectivity index (χ4v) is 5.26. The molecule has 3 aromatic rings. The Kier molecular flexibility index (Phi) is 4.04. The van der Waals surface area contributed by atoms with Crippen LogP contribution in [0.1, 0.15) is 18.4 Å². The Morgan fingerprint density at radius 1 is 1.21 bits per heavy atom. The van der Waals surface area contributed by atoms with E-state index in [1.54, 1.807) is 42.5 Å². The van der Waals surface area contributed by atoms with E-state index in [0.29, 0.717) is 18.6 Å². The number of hydrogen-bond donors (Lipinski definition) is 3. The predicted molar refractivity (Wildman–Crippen MR) is 106 cm³/mol. The zero-order valence-corrected chi connectivity index (χ0v) is 15.7. The lowest BCUT2D eigenvalue weighted by Gasteiger charge is -2.39. The Hall–Kier alpha value is -2.62. The molecule has 3 N–H and O–H groups in total. The van der Waals surface area contributed by atoms with Crippen LogP contribution in [-0.2, 0) is 10.0 Å². The molecule has 0 radical (unpaired) electrons. The topological polar surface area (TPSA) is 104 Å². The van der Waals surface area contributed by atoms with Crippen LogP contribution in [0, 0.1) is 5.92 Å². The maximum atomic E-state index is 12.5. The van der Waals surface area contributed by atoms with Gasteiger partial charge in [-0.3, -0.25) is 0 Å². The zero-order valence-electron chi connectivity index (χ0n) is 14.9.